The van der Waals surface area contributed by atoms with E-state index in [-0.39, 0.29) is 30.4 Å². The van der Waals surface area contributed by atoms with Gasteiger partial charge in [0.15, 0.2) is 0 Å². The Hall–Kier alpha value is -1.06. The number of benzene rings is 1. The van der Waals surface area contributed by atoms with E-state index in [9.17, 15) is 4.79 Å². The summed E-state index contributed by atoms with van der Waals surface area (Å²) in [7, 11) is 0. The van der Waals surface area contributed by atoms with Gasteiger partial charge in [0.25, 0.3) is 0 Å². The van der Waals surface area contributed by atoms with Gasteiger partial charge < -0.3 is 11.1 Å². The van der Waals surface area contributed by atoms with Gasteiger partial charge in [0.1, 0.15) is 0 Å². The number of rotatable bonds is 4. The van der Waals surface area contributed by atoms with E-state index in [4.69, 9.17) is 5.73 Å². The van der Waals surface area contributed by atoms with E-state index in [2.05, 4.69) is 37.4 Å². The third-order valence-electron chi connectivity index (χ3n) is 4.29. The molecule has 1 fully saturated rings. The van der Waals surface area contributed by atoms with Crippen LogP contribution in [0.4, 0.5) is 0 Å². The molecule has 3 nitrogen and oxygen atoms in total. The van der Waals surface area contributed by atoms with Crippen molar-refractivity contribution >= 4 is 18.3 Å². The minimum Gasteiger partial charge on any atom is -0.350 e. The fourth-order valence-electron chi connectivity index (χ4n) is 3.20. The molecule has 118 valence electrons. The molecule has 0 aliphatic heterocycles. The first-order valence-electron chi connectivity index (χ1n) is 7.59. The van der Waals surface area contributed by atoms with Crippen molar-refractivity contribution in [3.8, 4) is 0 Å². The van der Waals surface area contributed by atoms with E-state index in [1.807, 2.05) is 6.92 Å². The van der Waals surface area contributed by atoms with Crippen molar-refractivity contribution < 1.29 is 4.79 Å². The molecule has 1 aromatic rings. The quantitative estimate of drug-likeness (QED) is 0.895. The first kappa shape index (κ1) is 18.0. The van der Waals surface area contributed by atoms with Crippen LogP contribution in [-0.2, 0) is 4.79 Å². The number of halogens is 1. The lowest BCUT2D eigenvalue weighted by atomic mass is 9.98. The summed E-state index contributed by atoms with van der Waals surface area (Å²) in [6.45, 7) is 6.21. The largest absolute Gasteiger partial charge is 0.350 e. The molecule has 1 saturated carbocycles. The lowest BCUT2D eigenvalue weighted by Gasteiger charge is -2.19. The van der Waals surface area contributed by atoms with Crippen LogP contribution in [0.3, 0.4) is 0 Å². The van der Waals surface area contributed by atoms with Crippen LogP contribution < -0.4 is 11.1 Å². The van der Waals surface area contributed by atoms with Gasteiger partial charge in [0.2, 0.25) is 5.91 Å². The van der Waals surface area contributed by atoms with Gasteiger partial charge in [-0.15, -0.1) is 12.4 Å². The zero-order valence-corrected chi connectivity index (χ0v) is 14.0. The molecule has 21 heavy (non-hydrogen) atoms. The summed E-state index contributed by atoms with van der Waals surface area (Å²) in [6.07, 6.45) is 3.87. The molecule has 1 aliphatic carbocycles. The van der Waals surface area contributed by atoms with Crippen LogP contribution in [0.5, 0.6) is 0 Å². The monoisotopic (exact) mass is 310 g/mol. The fourth-order valence-corrected chi connectivity index (χ4v) is 3.20. The molecule has 0 aromatic heterocycles. The Morgan fingerprint density at radius 3 is 2.43 bits per heavy atom. The Morgan fingerprint density at radius 1 is 1.29 bits per heavy atom. The van der Waals surface area contributed by atoms with Crippen LogP contribution in [0.15, 0.2) is 18.2 Å². The van der Waals surface area contributed by atoms with Gasteiger partial charge in [-0.05, 0) is 45.1 Å². The molecular formula is C17H27ClN2O. The zero-order valence-electron chi connectivity index (χ0n) is 13.2. The fraction of sp³-hybridized carbons (Fsp3) is 0.588. The van der Waals surface area contributed by atoms with E-state index in [1.165, 1.54) is 16.7 Å². The first-order chi connectivity index (χ1) is 9.45. The van der Waals surface area contributed by atoms with E-state index in [1.54, 1.807) is 0 Å². The second-order valence-electron chi connectivity index (χ2n) is 6.27. The van der Waals surface area contributed by atoms with Gasteiger partial charge in [-0.1, -0.05) is 35.7 Å². The molecule has 0 saturated heterocycles. The minimum atomic E-state index is 0. The Bertz CT molecular complexity index is 469. The van der Waals surface area contributed by atoms with Gasteiger partial charge in [0, 0.05) is 12.5 Å². The van der Waals surface area contributed by atoms with Crippen molar-refractivity contribution in [2.45, 2.75) is 58.5 Å². The first-order valence-corrected chi connectivity index (χ1v) is 7.59. The predicted octanol–water partition coefficient (Wildman–Crippen LogP) is 3.42. The van der Waals surface area contributed by atoms with Crippen LogP contribution in [0.2, 0.25) is 0 Å². The van der Waals surface area contributed by atoms with Crippen molar-refractivity contribution in [2.24, 2.45) is 11.7 Å². The number of hydrogen-bond donors (Lipinski definition) is 2. The average molecular weight is 311 g/mol. The number of aryl methyl sites for hydroxylation is 2. The maximum absolute atomic E-state index is 12.1. The van der Waals surface area contributed by atoms with Crippen LogP contribution in [0, 0.1) is 19.8 Å². The van der Waals surface area contributed by atoms with Gasteiger partial charge in [-0.3, -0.25) is 4.79 Å². The number of hydrogen-bond acceptors (Lipinski definition) is 2. The third kappa shape index (κ3) is 5.01. The van der Waals surface area contributed by atoms with E-state index in [0.717, 1.165) is 19.3 Å². The van der Waals surface area contributed by atoms with Crippen LogP contribution in [0.1, 0.15) is 55.3 Å². The summed E-state index contributed by atoms with van der Waals surface area (Å²) in [5.41, 5.74) is 9.67. The molecular weight excluding hydrogens is 284 g/mol. The molecule has 1 amide bonds. The smallest absolute Gasteiger partial charge is 0.220 e. The lowest BCUT2D eigenvalue weighted by Crippen LogP contribution is -2.32. The molecule has 0 bridgehead atoms. The van der Waals surface area contributed by atoms with Crippen LogP contribution in [0.25, 0.3) is 0 Å². The number of carbonyl (C=O) groups is 1. The highest BCUT2D eigenvalue weighted by Crippen LogP contribution is 2.27. The molecule has 1 unspecified atom stereocenters. The van der Waals surface area contributed by atoms with Gasteiger partial charge in [0.05, 0.1) is 6.04 Å². The molecule has 0 heterocycles. The highest BCUT2D eigenvalue weighted by Gasteiger charge is 2.26. The molecule has 3 N–H and O–H groups in total. The van der Waals surface area contributed by atoms with Gasteiger partial charge >= 0.3 is 0 Å². The number of carbonyl (C=O) groups excluding carboxylic acids is 1. The molecule has 2 rings (SSSR count). The maximum atomic E-state index is 12.1. The highest BCUT2D eigenvalue weighted by atomic mass is 35.5. The van der Waals surface area contributed by atoms with E-state index < -0.39 is 0 Å². The van der Waals surface area contributed by atoms with Gasteiger partial charge in [-0.2, -0.15) is 0 Å². The van der Waals surface area contributed by atoms with Crippen LogP contribution in [-0.4, -0.2) is 11.9 Å². The molecule has 0 spiro atoms. The van der Waals surface area contributed by atoms with Crippen molar-refractivity contribution in [2.75, 3.05) is 0 Å². The zero-order chi connectivity index (χ0) is 14.7. The number of nitrogens with two attached hydrogens (primary N) is 1. The standard InChI is InChI=1S/C17H26N2O.ClH/c1-11-7-12(2)9-15(8-11)13(3)19-17(20)10-14-5-4-6-16(14)18;/h7-9,13-14,16H,4-6,10,18H2,1-3H3,(H,19,20);1H/t13?,14-,16+;/m0./s1. The lowest BCUT2D eigenvalue weighted by molar-refractivity contribution is -0.122. The summed E-state index contributed by atoms with van der Waals surface area (Å²) in [6, 6.07) is 6.68. The summed E-state index contributed by atoms with van der Waals surface area (Å²) in [5.74, 6) is 0.487. The van der Waals surface area contributed by atoms with E-state index >= 15 is 0 Å². The van der Waals surface area contributed by atoms with Crippen molar-refractivity contribution in [1.82, 2.24) is 5.32 Å². The summed E-state index contributed by atoms with van der Waals surface area (Å²) in [4.78, 5) is 12.1. The second-order valence-corrected chi connectivity index (χ2v) is 6.27. The second kappa shape index (κ2) is 7.81. The average Bonchev–Trinajstić information content (AvgIpc) is 2.73. The van der Waals surface area contributed by atoms with Gasteiger partial charge in [-0.25, -0.2) is 0 Å². The topological polar surface area (TPSA) is 55.1 Å². The molecule has 3 atom stereocenters. The van der Waals surface area contributed by atoms with Crippen molar-refractivity contribution in [3.63, 3.8) is 0 Å². The number of amides is 1. The van der Waals surface area contributed by atoms with Crippen molar-refractivity contribution in [3.05, 3.63) is 34.9 Å². The van der Waals surface area contributed by atoms with Crippen LogP contribution >= 0.6 is 12.4 Å². The Kier molecular flexibility index (Phi) is 6.69. The minimum absolute atomic E-state index is 0. The predicted molar refractivity (Wildman–Crippen MR) is 89.7 cm³/mol. The Morgan fingerprint density at radius 2 is 1.90 bits per heavy atom. The maximum Gasteiger partial charge on any atom is 0.220 e. The molecule has 4 heteroatoms. The molecule has 1 aliphatic rings. The summed E-state index contributed by atoms with van der Waals surface area (Å²) < 4.78 is 0. The third-order valence-corrected chi connectivity index (χ3v) is 4.29. The Labute approximate surface area is 134 Å². The van der Waals surface area contributed by atoms with Crippen molar-refractivity contribution in [1.29, 1.82) is 0 Å². The number of nitrogens with one attached hydrogen (secondary N) is 1. The molecule has 1 aromatic carbocycles. The Balaban J connectivity index is 0.00000220. The highest BCUT2D eigenvalue weighted by molar-refractivity contribution is 5.85. The summed E-state index contributed by atoms with van der Waals surface area (Å²) in [5, 5.41) is 3.10. The normalized spacial score (nSPS) is 22.5. The molecule has 0 radical (unpaired) electrons. The SMILES string of the molecule is Cc1cc(C)cc(C(C)NC(=O)C[C@@H]2CCC[C@H]2N)c1.Cl. The summed E-state index contributed by atoms with van der Waals surface area (Å²) >= 11 is 0. The van der Waals surface area contributed by atoms with E-state index in [0.29, 0.717) is 12.3 Å².